The Morgan fingerprint density at radius 3 is 2.62 bits per heavy atom. The van der Waals surface area contributed by atoms with Crippen molar-refractivity contribution in [3.63, 3.8) is 0 Å². The van der Waals surface area contributed by atoms with Gasteiger partial charge in [0.05, 0.1) is 0 Å². The van der Waals surface area contributed by atoms with Gasteiger partial charge in [0, 0.05) is 42.6 Å². The zero-order valence-corrected chi connectivity index (χ0v) is 19.0. The summed E-state index contributed by atoms with van der Waals surface area (Å²) >= 11 is 0. The SMILES string of the molecule is CCCCCC(CCC)Nc1cc(N)ncc1CNC/C(F)=C\C=C/C(C)(C)C. The van der Waals surface area contributed by atoms with Crippen molar-refractivity contribution in [3.8, 4) is 0 Å². The van der Waals surface area contributed by atoms with Crippen LogP contribution >= 0.6 is 0 Å². The van der Waals surface area contributed by atoms with E-state index in [-0.39, 0.29) is 17.8 Å². The molecule has 1 aromatic heterocycles. The van der Waals surface area contributed by atoms with Crippen molar-refractivity contribution in [2.45, 2.75) is 85.7 Å². The summed E-state index contributed by atoms with van der Waals surface area (Å²) in [7, 11) is 0. The van der Waals surface area contributed by atoms with E-state index in [4.69, 9.17) is 5.73 Å². The first kappa shape index (κ1) is 25.2. The lowest BCUT2D eigenvalue weighted by atomic mass is 9.96. The monoisotopic (exact) mass is 404 g/mol. The molecule has 5 heteroatoms. The van der Waals surface area contributed by atoms with Crippen molar-refractivity contribution in [2.75, 3.05) is 17.6 Å². The first-order chi connectivity index (χ1) is 13.7. The predicted octanol–water partition coefficient (Wildman–Crippen LogP) is 6.37. The second-order valence-electron chi connectivity index (χ2n) is 8.83. The van der Waals surface area contributed by atoms with Crippen molar-refractivity contribution in [1.29, 1.82) is 0 Å². The lowest BCUT2D eigenvalue weighted by molar-refractivity contribution is 0.542. The molecule has 0 aromatic carbocycles. The Bertz CT molecular complexity index is 647. The molecule has 0 saturated carbocycles. The van der Waals surface area contributed by atoms with Crippen LogP contribution in [0.25, 0.3) is 0 Å². The van der Waals surface area contributed by atoms with Gasteiger partial charge in [0.15, 0.2) is 0 Å². The Kier molecular flexibility index (Phi) is 11.6. The Hall–Kier alpha value is -1.88. The number of anilines is 2. The highest BCUT2D eigenvalue weighted by atomic mass is 19.1. The molecule has 1 heterocycles. The highest BCUT2D eigenvalue weighted by Gasteiger charge is 2.11. The van der Waals surface area contributed by atoms with Gasteiger partial charge in [-0.15, -0.1) is 0 Å². The molecule has 0 spiro atoms. The lowest BCUT2D eigenvalue weighted by Gasteiger charge is -2.22. The fourth-order valence-corrected chi connectivity index (χ4v) is 3.09. The number of rotatable bonds is 13. The minimum absolute atomic E-state index is 0.0482. The standard InChI is InChI=1S/C24H41FN4/c1-6-8-9-13-21(11-7-2)29-22-15-23(26)28-17-19(22)16-27-18-20(25)12-10-14-24(3,4)5/h10,12,14-15,17,21,27H,6-9,11,13,16,18H2,1-5H3,(H3,26,28,29)/b14-10-,20-12+. The normalized spacial score (nSPS) is 13.8. The molecule has 1 rings (SSSR count). The molecular formula is C24H41FN4. The van der Waals surface area contributed by atoms with E-state index in [1.165, 1.54) is 25.3 Å². The summed E-state index contributed by atoms with van der Waals surface area (Å²) in [5.74, 6) is 0.310. The predicted molar refractivity (Wildman–Crippen MR) is 125 cm³/mol. The Labute approximate surface area is 177 Å². The molecule has 0 aliphatic heterocycles. The molecule has 4 nitrogen and oxygen atoms in total. The molecule has 0 aliphatic carbocycles. The number of nitrogens with one attached hydrogen (secondary N) is 2. The van der Waals surface area contributed by atoms with Crippen LogP contribution in [0.5, 0.6) is 0 Å². The molecule has 0 saturated heterocycles. The fraction of sp³-hybridized carbons (Fsp3) is 0.625. The number of halogens is 1. The van der Waals surface area contributed by atoms with Crippen molar-refractivity contribution < 1.29 is 4.39 Å². The Morgan fingerprint density at radius 2 is 1.97 bits per heavy atom. The number of hydrogen-bond acceptors (Lipinski definition) is 4. The number of nitrogens with zero attached hydrogens (tertiary/aromatic N) is 1. The topological polar surface area (TPSA) is 63.0 Å². The van der Waals surface area contributed by atoms with Crippen LogP contribution in [-0.2, 0) is 6.54 Å². The summed E-state index contributed by atoms with van der Waals surface area (Å²) in [6.07, 6.45) is 14.2. The zero-order valence-electron chi connectivity index (χ0n) is 19.0. The third-order valence-electron chi connectivity index (χ3n) is 4.64. The van der Waals surface area contributed by atoms with Crippen LogP contribution in [0.3, 0.4) is 0 Å². The average molecular weight is 405 g/mol. The maximum atomic E-state index is 14.0. The largest absolute Gasteiger partial charge is 0.384 e. The van der Waals surface area contributed by atoms with E-state index >= 15 is 0 Å². The van der Waals surface area contributed by atoms with Gasteiger partial charge in [-0.1, -0.05) is 72.5 Å². The van der Waals surface area contributed by atoms with E-state index < -0.39 is 0 Å². The number of pyridine rings is 1. The minimum atomic E-state index is -0.188. The number of allylic oxidation sites excluding steroid dienone is 3. The van der Waals surface area contributed by atoms with Crippen LogP contribution in [0.15, 0.2) is 36.3 Å². The number of nitrogen functional groups attached to an aromatic ring is 1. The molecule has 0 radical (unpaired) electrons. The fourth-order valence-electron chi connectivity index (χ4n) is 3.09. The number of unbranched alkanes of at least 4 members (excludes halogenated alkanes) is 2. The molecule has 29 heavy (non-hydrogen) atoms. The van der Waals surface area contributed by atoms with Crippen molar-refractivity contribution in [1.82, 2.24) is 10.3 Å². The van der Waals surface area contributed by atoms with E-state index in [2.05, 4.69) is 50.2 Å². The highest BCUT2D eigenvalue weighted by molar-refractivity contribution is 5.56. The van der Waals surface area contributed by atoms with Gasteiger partial charge in [0.25, 0.3) is 0 Å². The summed E-state index contributed by atoms with van der Waals surface area (Å²) in [6.45, 7) is 11.4. The maximum absolute atomic E-state index is 14.0. The highest BCUT2D eigenvalue weighted by Crippen LogP contribution is 2.21. The molecule has 0 bridgehead atoms. The third kappa shape index (κ3) is 11.6. The van der Waals surface area contributed by atoms with Crippen LogP contribution in [0.2, 0.25) is 0 Å². The maximum Gasteiger partial charge on any atom is 0.125 e. The van der Waals surface area contributed by atoms with E-state index in [1.54, 1.807) is 12.3 Å². The molecule has 0 aliphatic rings. The first-order valence-corrected chi connectivity index (χ1v) is 11.0. The zero-order chi connectivity index (χ0) is 21.7. The van der Waals surface area contributed by atoms with Crippen LogP contribution in [0.1, 0.15) is 78.7 Å². The smallest absolute Gasteiger partial charge is 0.125 e. The van der Waals surface area contributed by atoms with Crippen molar-refractivity contribution in [2.24, 2.45) is 5.41 Å². The second kappa shape index (κ2) is 13.4. The molecule has 1 aromatic rings. The van der Waals surface area contributed by atoms with Crippen LogP contribution < -0.4 is 16.4 Å². The molecule has 164 valence electrons. The van der Waals surface area contributed by atoms with E-state index in [0.717, 1.165) is 30.5 Å². The molecular weight excluding hydrogens is 363 g/mol. The average Bonchev–Trinajstić information content (AvgIpc) is 2.63. The summed E-state index contributed by atoms with van der Waals surface area (Å²) in [5, 5.41) is 6.83. The Morgan fingerprint density at radius 1 is 1.21 bits per heavy atom. The van der Waals surface area contributed by atoms with Crippen LogP contribution in [-0.4, -0.2) is 17.6 Å². The van der Waals surface area contributed by atoms with Gasteiger partial charge in [-0.2, -0.15) is 0 Å². The van der Waals surface area contributed by atoms with E-state index in [9.17, 15) is 4.39 Å². The van der Waals surface area contributed by atoms with Crippen molar-refractivity contribution >= 4 is 11.5 Å². The second-order valence-corrected chi connectivity index (χ2v) is 8.83. The molecule has 1 atom stereocenters. The van der Waals surface area contributed by atoms with E-state index in [0.29, 0.717) is 18.4 Å². The van der Waals surface area contributed by atoms with Gasteiger partial charge in [-0.3, -0.25) is 0 Å². The summed E-state index contributed by atoms with van der Waals surface area (Å²) in [6, 6.07) is 2.31. The summed E-state index contributed by atoms with van der Waals surface area (Å²) < 4.78 is 14.0. The molecule has 1 unspecified atom stereocenters. The molecule has 0 fully saturated rings. The number of hydrogen-bond donors (Lipinski definition) is 3. The van der Waals surface area contributed by atoms with Crippen LogP contribution in [0, 0.1) is 5.41 Å². The van der Waals surface area contributed by atoms with Gasteiger partial charge in [0.1, 0.15) is 11.6 Å². The molecule has 4 N–H and O–H groups in total. The quantitative estimate of drug-likeness (QED) is 0.264. The third-order valence-corrected chi connectivity index (χ3v) is 4.64. The van der Waals surface area contributed by atoms with Gasteiger partial charge in [-0.25, -0.2) is 9.37 Å². The van der Waals surface area contributed by atoms with Gasteiger partial charge in [0.2, 0.25) is 0 Å². The van der Waals surface area contributed by atoms with E-state index in [1.807, 2.05) is 12.1 Å². The summed E-state index contributed by atoms with van der Waals surface area (Å²) in [4.78, 5) is 4.22. The number of nitrogens with two attached hydrogens (primary N) is 1. The number of aromatic nitrogens is 1. The van der Waals surface area contributed by atoms with Crippen LogP contribution in [0.4, 0.5) is 15.9 Å². The van der Waals surface area contributed by atoms with Gasteiger partial charge >= 0.3 is 0 Å². The van der Waals surface area contributed by atoms with Crippen molar-refractivity contribution in [3.05, 3.63) is 41.9 Å². The Balaban J connectivity index is 2.70. The lowest BCUT2D eigenvalue weighted by Crippen LogP contribution is -2.22. The van der Waals surface area contributed by atoms with Gasteiger partial charge in [-0.05, 0) is 24.3 Å². The van der Waals surface area contributed by atoms with Gasteiger partial charge < -0.3 is 16.4 Å². The first-order valence-electron chi connectivity index (χ1n) is 11.0. The summed E-state index contributed by atoms with van der Waals surface area (Å²) in [5.41, 5.74) is 7.97. The minimum Gasteiger partial charge on any atom is -0.384 e. The molecule has 0 amide bonds.